The van der Waals surface area contributed by atoms with Crippen molar-refractivity contribution in [3.05, 3.63) is 29.8 Å². The lowest BCUT2D eigenvalue weighted by atomic mass is 10.2. The SMILES string of the molecule is COc1ccc(CSC[C@@H](NC(=O)OC(C)(C)C)C(=O)O)cc1. The van der Waals surface area contributed by atoms with Gasteiger partial charge in [-0.1, -0.05) is 12.1 Å². The Morgan fingerprint density at radius 1 is 1.26 bits per heavy atom. The first kappa shape index (κ1) is 19.2. The van der Waals surface area contributed by atoms with E-state index in [0.29, 0.717) is 5.75 Å². The molecule has 6 nitrogen and oxygen atoms in total. The van der Waals surface area contributed by atoms with Gasteiger partial charge in [-0.15, -0.1) is 0 Å². The van der Waals surface area contributed by atoms with Crippen LogP contribution in [0.15, 0.2) is 24.3 Å². The molecule has 23 heavy (non-hydrogen) atoms. The first-order valence-electron chi connectivity index (χ1n) is 7.14. The van der Waals surface area contributed by atoms with Crippen LogP contribution in [0.2, 0.25) is 0 Å². The van der Waals surface area contributed by atoms with Gasteiger partial charge in [-0.2, -0.15) is 11.8 Å². The molecule has 0 spiro atoms. The fourth-order valence-electron chi connectivity index (χ4n) is 1.64. The standard InChI is InChI=1S/C16H23NO5S/c1-16(2,3)22-15(20)17-13(14(18)19)10-23-9-11-5-7-12(21-4)8-6-11/h5-8,13H,9-10H2,1-4H3,(H,17,20)(H,18,19)/t13-/m1/s1. The van der Waals surface area contributed by atoms with Crippen molar-refractivity contribution in [3.8, 4) is 5.75 Å². The second kappa shape index (κ2) is 8.67. The minimum Gasteiger partial charge on any atom is -0.497 e. The molecule has 0 radical (unpaired) electrons. The van der Waals surface area contributed by atoms with Gasteiger partial charge >= 0.3 is 12.1 Å². The molecule has 0 aliphatic heterocycles. The summed E-state index contributed by atoms with van der Waals surface area (Å²) in [5.74, 6) is 0.580. The van der Waals surface area contributed by atoms with Crippen LogP contribution >= 0.6 is 11.8 Å². The zero-order valence-electron chi connectivity index (χ0n) is 13.8. The number of carboxylic acid groups (broad SMARTS) is 1. The van der Waals surface area contributed by atoms with Crippen LogP contribution in [0, 0.1) is 0 Å². The van der Waals surface area contributed by atoms with Crippen LogP contribution in [0.3, 0.4) is 0 Å². The van der Waals surface area contributed by atoms with Crippen LogP contribution in [0.4, 0.5) is 4.79 Å². The number of carbonyl (C=O) groups is 2. The Kier molecular flexibility index (Phi) is 7.22. The molecular weight excluding hydrogens is 318 g/mol. The van der Waals surface area contributed by atoms with Crippen LogP contribution in [0.5, 0.6) is 5.75 Å². The van der Waals surface area contributed by atoms with Gasteiger partial charge in [-0.3, -0.25) is 0 Å². The molecule has 0 saturated heterocycles. The highest BCUT2D eigenvalue weighted by Gasteiger charge is 2.23. The summed E-state index contributed by atoms with van der Waals surface area (Å²) >= 11 is 1.42. The molecule has 0 saturated carbocycles. The topological polar surface area (TPSA) is 84.9 Å². The maximum absolute atomic E-state index is 11.7. The molecule has 0 fully saturated rings. The lowest BCUT2D eigenvalue weighted by Gasteiger charge is -2.21. The van der Waals surface area contributed by atoms with Gasteiger partial charge < -0.3 is 19.9 Å². The summed E-state index contributed by atoms with van der Waals surface area (Å²) in [6.07, 6.45) is -0.727. The van der Waals surface area contributed by atoms with Gasteiger partial charge in [0.15, 0.2) is 0 Å². The van der Waals surface area contributed by atoms with Gasteiger partial charge in [0.05, 0.1) is 7.11 Å². The van der Waals surface area contributed by atoms with Gasteiger partial charge in [0.2, 0.25) is 0 Å². The van der Waals surface area contributed by atoms with Gasteiger partial charge in [0.1, 0.15) is 17.4 Å². The van der Waals surface area contributed by atoms with Crippen molar-refractivity contribution in [2.45, 2.75) is 38.2 Å². The number of hydrogen-bond donors (Lipinski definition) is 2. The number of benzene rings is 1. The van der Waals surface area contributed by atoms with E-state index in [2.05, 4.69) is 5.32 Å². The van der Waals surface area contributed by atoms with Crippen molar-refractivity contribution >= 4 is 23.8 Å². The molecule has 0 bridgehead atoms. The molecule has 1 atom stereocenters. The highest BCUT2D eigenvalue weighted by molar-refractivity contribution is 7.98. The Labute approximate surface area is 140 Å². The molecule has 0 heterocycles. The van der Waals surface area contributed by atoms with Crippen molar-refractivity contribution in [1.29, 1.82) is 0 Å². The molecule has 1 amide bonds. The third kappa shape index (κ3) is 7.78. The van der Waals surface area contributed by atoms with E-state index in [9.17, 15) is 14.7 Å². The number of rotatable bonds is 7. The summed E-state index contributed by atoms with van der Waals surface area (Å²) in [7, 11) is 1.60. The van der Waals surface area contributed by atoms with E-state index in [4.69, 9.17) is 9.47 Å². The number of carbonyl (C=O) groups excluding carboxylic acids is 1. The Balaban J connectivity index is 2.46. The third-order valence-corrected chi connectivity index (χ3v) is 3.81. The molecule has 1 aromatic carbocycles. The van der Waals surface area contributed by atoms with Gasteiger partial charge in [-0.05, 0) is 38.5 Å². The van der Waals surface area contributed by atoms with Crippen LogP contribution in [-0.4, -0.2) is 41.7 Å². The van der Waals surface area contributed by atoms with Gasteiger partial charge in [0, 0.05) is 11.5 Å². The zero-order chi connectivity index (χ0) is 17.5. The molecule has 0 aromatic heterocycles. The maximum Gasteiger partial charge on any atom is 0.408 e. The lowest BCUT2D eigenvalue weighted by molar-refractivity contribution is -0.138. The van der Waals surface area contributed by atoms with Crippen molar-refractivity contribution < 1.29 is 24.2 Å². The van der Waals surface area contributed by atoms with Gasteiger partial charge in [0.25, 0.3) is 0 Å². The summed E-state index contributed by atoms with van der Waals surface area (Å²) in [6.45, 7) is 5.17. The summed E-state index contributed by atoms with van der Waals surface area (Å²) in [5.41, 5.74) is 0.390. The highest BCUT2D eigenvalue weighted by atomic mass is 32.2. The van der Waals surface area contributed by atoms with Crippen molar-refractivity contribution in [1.82, 2.24) is 5.32 Å². The summed E-state index contributed by atoms with van der Waals surface area (Å²) in [5, 5.41) is 11.6. The van der Waals surface area contributed by atoms with E-state index in [1.807, 2.05) is 24.3 Å². The smallest absolute Gasteiger partial charge is 0.408 e. The van der Waals surface area contributed by atoms with E-state index in [1.54, 1.807) is 27.9 Å². The molecule has 0 aliphatic rings. The maximum atomic E-state index is 11.7. The van der Waals surface area contributed by atoms with Gasteiger partial charge in [-0.25, -0.2) is 9.59 Å². The number of carboxylic acids is 1. The first-order chi connectivity index (χ1) is 10.7. The number of amides is 1. The zero-order valence-corrected chi connectivity index (χ0v) is 14.6. The molecule has 1 aromatic rings. The fourth-order valence-corrected chi connectivity index (χ4v) is 2.65. The van der Waals surface area contributed by atoms with Crippen molar-refractivity contribution in [2.24, 2.45) is 0 Å². The molecule has 128 valence electrons. The third-order valence-electron chi connectivity index (χ3n) is 2.70. The minimum absolute atomic E-state index is 0.251. The molecule has 0 unspecified atom stereocenters. The van der Waals surface area contributed by atoms with Crippen LogP contribution in [0.25, 0.3) is 0 Å². The number of thioether (sulfide) groups is 1. The number of alkyl carbamates (subject to hydrolysis) is 1. The average Bonchev–Trinajstić information content (AvgIpc) is 2.44. The van der Waals surface area contributed by atoms with E-state index in [0.717, 1.165) is 11.3 Å². The summed E-state index contributed by atoms with van der Waals surface area (Å²) in [6, 6.07) is 6.55. The molecule has 1 rings (SSSR count). The Hall–Kier alpha value is -1.89. The Morgan fingerprint density at radius 3 is 2.35 bits per heavy atom. The molecule has 0 aliphatic carbocycles. The van der Waals surface area contributed by atoms with E-state index < -0.39 is 23.7 Å². The molecular formula is C16H23NO5S. The highest BCUT2D eigenvalue weighted by Crippen LogP contribution is 2.17. The number of aliphatic carboxylic acids is 1. The van der Waals surface area contributed by atoms with E-state index in [-0.39, 0.29) is 5.75 Å². The molecule has 2 N–H and O–H groups in total. The van der Waals surface area contributed by atoms with Crippen LogP contribution < -0.4 is 10.1 Å². The van der Waals surface area contributed by atoms with Crippen molar-refractivity contribution in [2.75, 3.05) is 12.9 Å². The normalized spacial score (nSPS) is 12.3. The lowest BCUT2D eigenvalue weighted by Crippen LogP contribution is -2.44. The number of ether oxygens (including phenoxy) is 2. The number of methoxy groups -OCH3 is 1. The molecule has 7 heteroatoms. The summed E-state index contributed by atoms with van der Waals surface area (Å²) < 4.78 is 10.2. The number of hydrogen-bond acceptors (Lipinski definition) is 5. The van der Waals surface area contributed by atoms with Crippen LogP contribution in [0.1, 0.15) is 26.3 Å². The van der Waals surface area contributed by atoms with Crippen LogP contribution in [-0.2, 0) is 15.3 Å². The largest absolute Gasteiger partial charge is 0.497 e. The second-order valence-corrected chi connectivity index (χ2v) is 6.93. The minimum atomic E-state index is -1.09. The van der Waals surface area contributed by atoms with E-state index in [1.165, 1.54) is 11.8 Å². The monoisotopic (exact) mass is 341 g/mol. The fraction of sp³-hybridized carbons (Fsp3) is 0.500. The quantitative estimate of drug-likeness (QED) is 0.793. The predicted molar refractivity (Wildman–Crippen MR) is 89.9 cm³/mol. The average molecular weight is 341 g/mol. The Bertz CT molecular complexity index is 524. The number of nitrogens with one attached hydrogen (secondary N) is 1. The Morgan fingerprint density at radius 2 is 1.87 bits per heavy atom. The first-order valence-corrected chi connectivity index (χ1v) is 8.30. The van der Waals surface area contributed by atoms with Crippen molar-refractivity contribution in [3.63, 3.8) is 0 Å². The second-order valence-electron chi connectivity index (χ2n) is 5.90. The predicted octanol–water partition coefficient (Wildman–Crippen LogP) is 2.91. The summed E-state index contributed by atoms with van der Waals surface area (Å²) in [4.78, 5) is 22.9. The van der Waals surface area contributed by atoms with E-state index >= 15 is 0 Å².